The van der Waals surface area contributed by atoms with Gasteiger partial charge in [-0.15, -0.1) is 4.28 Å². The van der Waals surface area contributed by atoms with Crippen LogP contribution in [0, 0.1) is 0 Å². The Kier molecular flexibility index (Phi) is 4.30. The van der Waals surface area contributed by atoms with Crippen molar-refractivity contribution >= 4 is 16.1 Å². The average Bonchev–Trinajstić information content (AvgIpc) is 2.16. The fourth-order valence-electron chi connectivity index (χ4n) is 1.44. The Hall–Kier alpha value is -0.860. The van der Waals surface area contributed by atoms with Gasteiger partial charge in [0.1, 0.15) is 5.88 Å². The summed E-state index contributed by atoms with van der Waals surface area (Å²) < 4.78 is 26.7. The van der Waals surface area contributed by atoms with Crippen LogP contribution in [0.25, 0.3) is 0 Å². The highest BCUT2D eigenvalue weighted by Gasteiger charge is 2.20. The van der Waals surface area contributed by atoms with E-state index >= 15 is 0 Å². The van der Waals surface area contributed by atoms with Crippen LogP contribution < -0.4 is 11.2 Å². The molecule has 0 aromatic heterocycles. The number of hydrogen-bond acceptors (Lipinski definition) is 5. The maximum atomic E-state index is 11.3. The molecule has 0 spiro atoms. The van der Waals surface area contributed by atoms with E-state index < -0.39 is 16.1 Å². The zero-order chi connectivity index (χ0) is 11.3. The molecule has 3 N–H and O–H groups in total. The van der Waals surface area contributed by atoms with Crippen molar-refractivity contribution in [3.8, 4) is 0 Å². The molecular formula is C7H15N3O4S. The van der Waals surface area contributed by atoms with Gasteiger partial charge in [-0.3, -0.25) is 4.90 Å². The van der Waals surface area contributed by atoms with Crippen LogP contribution in [-0.4, -0.2) is 38.3 Å². The number of nitrogens with zero attached hydrogens (tertiary/aromatic N) is 1. The largest absolute Gasteiger partial charge is 0.350 e. The fourth-order valence-corrected chi connectivity index (χ4v) is 2.41. The van der Waals surface area contributed by atoms with E-state index in [1.54, 1.807) is 10.4 Å². The van der Waals surface area contributed by atoms with E-state index in [2.05, 4.69) is 10.0 Å². The smallest absolute Gasteiger partial charge is 0.337 e. The normalized spacial score (nSPS) is 18.7. The van der Waals surface area contributed by atoms with Crippen LogP contribution in [0.2, 0.25) is 0 Å². The minimum Gasteiger partial charge on any atom is -0.350 e. The zero-order valence-electron chi connectivity index (χ0n) is 8.31. The third-order valence-corrected chi connectivity index (χ3v) is 3.08. The van der Waals surface area contributed by atoms with Crippen molar-refractivity contribution in [1.29, 1.82) is 0 Å². The lowest BCUT2D eigenvalue weighted by molar-refractivity contribution is 0.181. The summed E-state index contributed by atoms with van der Waals surface area (Å²) in [4.78, 5) is 12.0. The summed E-state index contributed by atoms with van der Waals surface area (Å²) in [5, 5.41) is 0. The second-order valence-electron chi connectivity index (χ2n) is 3.42. The number of carbonyl (C=O) groups is 1. The van der Waals surface area contributed by atoms with Crippen LogP contribution in [0.15, 0.2) is 0 Å². The molecule has 1 aliphatic heterocycles. The highest BCUT2D eigenvalue weighted by molar-refractivity contribution is 7.86. The van der Waals surface area contributed by atoms with Crippen LogP contribution in [0.5, 0.6) is 0 Å². The Bertz CT molecular complexity index is 310. The monoisotopic (exact) mass is 237 g/mol. The first kappa shape index (κ1) is 12.2. The highest BCUT2D eigenvalue weighted by atomic mass is 32.2. The van der Waals surface area contributed by atoms with Gasteiger partial charge < -0.3 is 5.73 Å². The van der Waals surface area contributed by atoms with Gasteiger partial charge in [-0.1, -0.05) is 6.42 Å². The van der Waals surface area contributed by atoms with Gasteiger partial charge in [-0.05, 0) is 25.9 Å². The number of likely N-dealkylation sites (tertiary alicyclic amines) is 1. The van der Waals surface area contributed by atoms with E-state index in [1.807, 2.05) is 0 Å². The zero-order valence-corrected chi connectivity index (χ0v) is 9.12. The third-order valence-electron chi connectivity index (χ3n) is 2.06. The second-order valence-corrected chi connectivity index (χ2v) is 4.96. The minimum atomic E-state index is -3.76. The molecule has 0 atom stereocenters. The topological polar surface area (TPSA) is 102 Å². The predicted molar refractivity (Wildman–Crippen MR) is 53.0 cm³/mol. The van der Waals surface area contributed by atoms with Gasteiger partial charge in [0.2, 0.25) is 0 Å². The van der Waals surface area contributed by atoms with Gasteiger partial charge in [0.05, 0.1) is 0 Å². The van der Waals surface area contributed by atoms with Crippen molar-refractivity contribution in [2.24, 2.45) is 5.73 Å². The Morgan fingerprint density at radius 2 is 1.93 bits per heavy atom. The summed E-state index contributed by atoms with van der Waals surface area (Å²) in [5.74, 6) is -0.215. The van der Waals surface area contributed by atoms with Gasteiger partial charge in [0, 0.05) is 0 Å². The number of primary amides is 1. The Labute approximate surface area is 88.6 Å². The molecule has 0 bridgehead atoms. The lowest BCUT2D eigenvalue weighted by atomic mass is 10.1. The summed E-state index contributed by atoms with van der Waals surface area (Å²) in [6, 6.07) is -1.03. The van der Waals surface area contributed by atoms with E-state index in [0.29, 0.717) is 0 Å². The molecule has 0 aliphatic carbocycles. The molecule has 2 amide bonds. The number of hydrogen-bond donors (Lipinski definition) is 2. The van der Waals surface area contributed by atoms with Gasteiger partial charge in [0.25, 0.3) is 0 Å². The van der Waals surface area contributed by atoms with Crippen LogP contribution in [0.3, 0.4) is 0 Å². The molecule has 0 radical (unpaired) electrons. The van der Waals surface area contributed by atoms with Crippen molar-refractivity contribution < 1.29 is 17.5 Å². The molecule has 1 heterocycles. The van der Waals surface area contributed by atoms with Crippen LogP contribution in [0.4, 0.5) is 4.79 Å². The average molecular weight is 237 g/mol. The van der Waals surface area contributed by atoms with E-state index in [-0.39, 0.29) is 5.88 Å². The summed E-state index contributed by atoms with van der Waals surface area (Å²) in [5.41, 5.74) is 6.28. The molecule has 15 heavy (non-hydrogen) atoms. The number of nitrogens with two attached hydrogens (primary N) is 1. The van der Waals surface area contributed by atoms with Crippen molar-refractivity contribution in [3.63, 3.8) is 0 Å². The van der Waals surface area contributed by atoms with E-state index in [4.69, 9.17) is 0 Å². The van der Waals surface area contributed by atoms with Crippen LogP contribution in [0.1, 0.15) is 19.3 Å². The molecule has 8 heteroatoms. The number of rotatable bonds is 4. The number of urea groups is 1. The molecule has 0 unspecified atom stereocenters. The predicted octanol–water partition coefficient (Wildman–Crippen LogP) is -0.641. The van der Waals surface area contributed by atoms with Crippen LogP contribution >= 0.6 is 0 Å². The van der Waals surface area contributed by atoms with Crippen molar-refractivity contribution in [2.75, 3.05) is 19.0 Å². The molecule has 7 nitrogen and oxygen atoms in total. The minimum absolute atomic E-state index is 0.215. The summed E-state index contributed by atoms with van der Waals surface area (Å²) >= 11 is 0. The van der Waals surface area contributed by atoms with E-state index in [9.17, 15) is 13.2 Å². The molecule has 88 valence electrons. The van der Waals surface area contributed by atoms with Gasteiger partial charge in [-0.25, -0.2) is 4.79 Å². The number of carbonyl (C=O) groups excluding carboxylic acids is 1. The second kappa shape index (κ2) is 5.29. The first-order chi connectivity index (χ1) is 6.99. The van der Waals surface area contributed by atoms with Gasteiger partial charge in [-0.2, -0.15) is 13.9 Å². The Balaban J connectivity index is 2.37. The molecule has 1 saturated heterocycles. The fraction of sp³-hybridized carbons (Fsp3) is 0.857. The van der Waals surface area contributed by atoms with Crippen molar-refractivity contribution in [2.45, 2.75) is 19.3 Å². The number of nitrogens with one attached hydrogen (secondary N) is 1. The summed E-state index contributed by atoms with van der Waals surface area (Å²) in [6.07, 6.45) is 3.09. The molecule has 0 aromatic carbocycles. The Morgan fingerprint density at radius 1 is 1.33 bits per heavy atom. The number of piperidine rings is 1. The molecule has 1 aliphatic rings. The Morgan fingerprint density at radius 3 is 2.47 bits per heavy atom. The molecule has 0 aromatic rings. The summed E-state index contributed by atoms with van der Waals surface area (Å²) in [7, 11) is -3.76. The van der Waals surface area contributed by atoms with Crippen molar-refractivity contribution in [1.82, 2.24) is 10.4 Å². The van der Waals surface area contributed by atoms with Gasteiger partial charge >= 0.3 is 16.1 Å². The standard InChI is InChI=1S/C7H15N3O4S/c8-7(11)9-14-15(12,13)6-10-4-2-1-3-5-10/h1-6H2,(H3,8,9,11). The van der Waals surface area contributed by atoms with Gasteiger partial charge in [0.15, 0.2) is 0 Å². The van der Waals surface area contributed by atoms with E-state index in [0.717, 1.165) is 32.4 Å². The maximum Gasteiger partial charge on any atom is 0.337 e. The highest BCUT2D eigenvalue weighted by Crippen LogP contribution is 2.09. The SMILES string of the molecule is NC(=O)NOS(=O)(=O)CN1CCCCC1. The molecule has 1 rings (SSSR count). The van der Waals surface area contributed by atoms with Crippen molar-refractivity contribution in [3.05, 3.63) is 0 Å². The maximum absolute atomic E-state index is 11.3. The third kappa shape index (κ3) is 4.96. The quantitative estimate of drug-likeness (QED) is 0.633. The number of amides is 2. The number of hydroxylamine groups is 1. The molecule has 0 saturated carbocycles. The lowest BCUT2D eigenvalue weighted by Gasteiger charge is -2.25. The molecule has 1 fully saturated rings. The summed E-state index contributed by atoms with van der Waals surface area (Å²) in [6.45, 7) is 1.47. The first-order valence-electron chi connectivity index (χ1n) is 4.68. The molecular weight excluding hydrogens is 222 g/mol. The van der Waals surface area contributed by atoms with E-state index in [1.165, 1.54) is 0 Å². The van der Waals surface area contributed by atoms with Crippen LogP contribution in [-0.2, 0) is 14.4 Å². The first-order valence-corrected chi connectivity index (χ1v) is 6.26. The lowest BCUT2D eigenvalue weighted by Crippen LogP contribution is -2.39.